The van der Waals surface area contributed by atoms with Crippen molar-refractivity contribution in [1.29, 1.82) is 5.26 Å². The Hall–Kier alpha value is -2.59. The van der Waals surface area contributed by atoms with E-state index in [1.807, 2.05) is 67.5 Å². The first-order chi connectivity index (χ1) is 10.2. The van der Waals surface area contributed by atoms with Crippen molar-refractivity contribution in [2.45, 2.75) is 13.8 Å². The highest BCUT2D eigenvalue weighted by Gasteiger charge is 2.31. The van der Waals surface area contributed by atoms with E-state index in [0.717, 1.165) is 22.5 Å². The lowest BCUT2D eigenvalue weighted by atomic mass is 10.2. The summed E-state index contributed by atoms with van der Waals surface area (Å²) < 4.78 is 0. The number of hydrazine groups is 1. The average Bonchev–Trinajstić information content (AvgIpc) is 2.92. The van der Waals surface area contributed by atoms with Crippen LogP contribution in [0, 0.1) is 25.2 Å². The summed E-state index contributed by atoms with van der Waals surface area (Å²) in [6, 6.07) is 18.2. The van der Waals surface area contributed by atoms with Gasteiger partial charge in [0, 0.05) is 0 Å². The number of quaternary nitrogens is 1. The minimum absolute atomic E-state index is 0. The zero-order chi connectivity index (χ0) is 14.8. The number of para-hydroxylation sites is 2. The summed E-state index contributed by atoms with van der Waals surface area (Å²) >= 11 is 0. The lowest BCUT2D eigenvalue weighted by Crippen LogP contribution is -3.00. The summed E-state index contributed by atoms with van der Waals surface area (Å²) in [5.74, 6) is 0.390. The summed E-state index contributed by atoms with van der Waals surface area (Å²) in [5.41, 5.74) is 5.96. The smallest absolute Gasteiger partial charge is 0.349 e. The number of hydrogen-bond donors (Lipinski definition) is 1. The molecule has 2 aromatic carbocycles. The molecule has 2 aromatic rings. The third-order valence-electron chi connectivity index (χ3n) is 3.46. The van der Waals surface area contributed by atoms with Crippen molar-refractivity contribution < 1.29 is 23.3 Å². The Bertz CT molecular complexity index is 756. The number of hydrogen-bond acceptors (Lipinski definition) is 4. The van der Waals surface area contributed by atoms with E-state index in [-0.39, 0.29) is 17.9 Å². The van der Waals surface area contributed by atoms with Crippen molar-refractivity contribution in [1.82, 2.24) is 0 Å². The zero-order valence-electron chi connectivity index (χ0n) is 12.9. The highest BCUT2D eigenvalue weighted by molar-refractivity contribution is 5.91. The van der Waals surface area contributed by atoms with Crippen LogP contribution in [-0.4, -0.2) is 11.3 Å². The summed E-state index contributed by atoms with van der Waals surface area (Å²) in [6.07, 6.45) is 0. The van der Waals surface area contributed by atoms with Gasteiger partial charge in [-0.3, -0.25) is 0 Å². The molecule has 23 heavy (non-hydrogen) atoms. The second-order valence-corrected chi connectivity index (χ2v) is 4.93. The van der Waals surface area contributed by atoms with Gasteiger partial charge in [-0.25, -0.2) is 0 Å². The van der Waals surface area contributed by atoms with Gasteiger partial charge in [-0.05, 0) is 37.1 Å². The first-order valence-electron chi connectivity index (χ1n) is 6.75. The van der Waals surface area contributed by atoms with Crippen LogP contribution in [-0.2, 0) is 0 Å². The van der Waals surface area contributed by atoms with E-state index in [2.05, 4.69) is 11.2 Å². The molecule has 0 unspecified atom stereocenters. The standard InChI is InChI=1S/C16H15N5.ClH.H2O/c1-12-7-3-5-9-14(12)20-18-16(11-17)19-21(20)15-10-6-4-8-13(15)2;;/h3-10H,1-2H3,(H,18,19);1H;1H2. The van der Waals surface area contributed by atoms with Crippen LogP contribution in [0.1, 0.15) is 11.1 Å². The van der Waals surface area contributed by atoms with Crippen LogP contribution in [0.5, 0.6) is 0 Å². The summed E-state index contributed by atoms with van der Waals surface area (Å²) in [7, 11) is 0. The maximum absolute atomic E-state index is 9.17. The van der Waals surface area contributed by atoms with E-state index in [4.69, 9.17) is 5.26 Å². The van der Waals surface area contributed by atoms with Crippen LogP contribution >= 0.6 is 0 Å². The molecule has 0 aromatic heterocycles. The van der Waals surface area contributed by atoms with E-state index >= 15 is 0 Å². The number of anilines is 2. The molecule has 0 spiro atoms. The molecule has 1 heterocycles. The average molecular weight is 332 g/mol. The molecule has 0 saturated heterocycles. The number of hydrazone groups is 1. The summed E-state index contributed by atoms with van der Waals surface area (Å²) in [5, 5.41) is 17.3. The molecule has 0 amide bonds. The fourth-order valence-electron chi connectivity index (χ4n) is 2.35. The quantitative estimate of drug-likeness (QED) is 0.648. The Balaban J connectivity index is 0.00000132. The number of nitriles is 1. The minimum Gasteiger partial charge on any atom is -1.00 e. The molecule has 0 radical (unpaired) electrons. The number of aryl methyl sites for hydroxylation is 2. The third kappa shape index (κ3) is 3.43. The predicted octanol–water partition coefficient (Wildman–Crippen LogP) is -1.96. The van der Waals surface area contributed by atoms with Gasteiger partial charge in [0.25, 0.3) is 0 Å². The molecule has 4 N–H and O–H groups in total. The van der Waals surface area contributed by atoms with Crippen molar-refractivity contribution >= 4 is 17.2 Å². The van der Waals surface area contributed by atoms with E-state index < -0.39 is 0 Å². The van der Waals surface area contributed by atoms with Gasteiger partial charge in [0.15, 0.2) is 6.07 Å². The second-order valence-electron chi connectivity index (χ2n) is 4.93. The van der Waals surface area contributed by atoms with Crippen LogP contribution in [0.3, 0.4) is 0 Å². The van der Waals surface area contributed by atoms with Crippen molar-refractivity contribution in [2.24, 2.45) is 5.10 Å². The number of amidine groups is 1. The maximum Gasteiger partial charge on any atom is 0.349 e. The fourth-order valence-corrected chi connectivity index (χ4v) is 2.35. The van der Waals surface area contributed by atoms with Crippen molar-refractivity contribution in [3.63, 3.8) is 0 Å². The molecule has 0 saturated carbocycles. The van der Waals surface area contributed by atoms with Crippen LogP contribution in [0.2, 0.25) is 0 Å². The monoisotopic (exact) mass is 331 g/mol. The van der Waals surface area contributed by atoms with Crippen LogP contribution in [0.25, 0.3) is 0 Å². The van der Waals surface area contributed by atoms with E-state index in [1.165, 1.54) is 0 Å². The highest BCUT2D eigenvalue weighted by atomic mass is 35.5. The SMILES string of the molecule is Cc1ccccc1N1N=C(C#N)[NH2+]N1c1ccccc1C.O.[Cl-]. The number of halogens is 1. The Labute approximate surface area is 141 Å². The first-order valence-corrected chi connectivity index (χ1v) is 6.75. The van der Waals surface area contributed by atoms with Crippen molar-refractivity contribution in [3.8, 4) is 6.07 Å². The molecule has 0 bridgehead atoms. The van der Waals surface area contributed by atoms with Crippen molar-refractivity contribution in [2.75, 3.05) is 10.2 Å². The molecular weight excluding hydrogens is 314 g/mol. The van der Waals surface area contributed by atoms with Gasteiger partial charge in [0.1, 0.15) is 5.69 Å². The van der Waals surface area contributed by atoms with Gasteiger partial charge >= 0.3 is 5.84 Å². The van der Waals surface area contributed by atoms with Crippen LogP contribution < -0.4 is 28.1 Å². The highest BCUT2D eigenvalue weighted by Crippen LogP contribution is 2.26. The maximum atomic E-state index is 9.17. The molecule has 7 heteroatoms. The molecule has 120 valence electrons. The minimum atomic E-state index is 0. The number of benzene rings is 2. The van der Waals surface area contributed by atoms with E-state index in [9.17, 15) is 0 Å². The molecule has 3 rings (SSSR count). The molecule has 0 atom stereocenters. The largest absolute Gasteiger partial charge is 1.00 e. The topological polar surface area (TPSA) is 90.7 Å². The Morgan fingerprint density at radius 1 is 0.957 bits per heavy atom. The molecule has 0 fully saturated rings. The Morgan fingerprint density at radius 3 is 2.00 bits per heavy atom. The molecule has 1 aliphatic rings. The summed E-state index contributed by atoms with van der Waals surface area (Å²) in [4.78, 5) is 0. The van der Waals surface area contributed by atoms with E-state index in [0.29, 0.717) is 5.84 Å². The number of rotatable bonds is 2. The Morgan fingerprint density at radius 2 is 1.48 bits per heavy atom. The number of nitrogens with zero attached hydrogens (tertiary/aromatic N) is 4. The lowest BCUT2D eigenvalue weighted by molar-refractivity contribution is -0.544. The van der Waals surface area contributed by atoms with Crippen molar-refractivity contribution in [3.05, 3.63) is 59.7 Å². The summed E-state index contributed by atoms with van der Waals surface area (Å²) in [6.45, 7) is 4.08. The number of nitrogens with two attached hydrogens (primary N) is 1. The lowest BCUT2D eigenvalue weighted by Gasteiger charge is -2.25. The molecule has 0 aliphatic carbocycles. The Kier molecular flexibility index (Phi) is 6.10. The van der Waals surface area contributed by atoms with Gasteiger partial charge in [-0.15, -0.1) is 10.2 Å². The van der Waals surface area contributed by atoms with Gasteiger partial charge in [0.2, 0.25) is 0 Å². The van der Waals surface area contributed by atoms with Crippen LogP contribution in [0.15, 0.2) is 53.6 Å². The van der Waals surface area contributed by atoms with Gasteiger partial charge < -0.3 is 17.9 Å². The van der Waals surface area contributed by atoms with Gasteiger partial charge in [0.05, 0.1) is 5.69 Å². The van der Waals surface area contributed by atoms with E-state index in [1.54, 1.807) is 10.5 Å². The third-order valence-corrected chi connectivity index (χ3v) is 3.46. The first kappa shape index (κ1) is 18.5. The second kappa shape index (κ2) is 7.61. The fraction of sp³-hybridized carbons (Fsp3) is 0.125. The predicted molar refractivity (Wildman–Crippen MR) is 85.9 cm³/mol. The zero-order valence-corrected chi connectivity index (χ0v) is 13.6. The molecular formula is C16H18ClN5O. The molecule has 1 aliphatic heterocycles. The van der Waals surface area contributed by atoms with Gasteiger partial charge in [-0.1, -0.05) is 41.5 Å². The normalized spacial score (nSPS) is 12.8. The molecule has 6 nitrogen and oxygen atoms in total. The van der Waals surface area contributed by atoms with Gasteiger partial charge in [-0.2, -0.15) is 10.7 Å². The van der Waals surface area contributed by atoms with Crippen LogP contribution in [0.4, 0.5) is 11.4 Å².